The summed E-state index contributed by atoms with van der Waals surface area (Å²) in [6.45, 7) is 2.31. The van der Waals surface area contributed by atoms with Crippen LogP contribution in [0.15, 0.2) is 12.1 Å². The molecule has 1 aromatic heterocycles. The second-order valence-corrected chi connectivity index (χ2v) is 5.84. The van der Waals surface area contributed by atoms with Crippen LogP contribution >= 0.6 is 22.9 Å². The quantitative estimate of drug-likeness (QED) is 0.614. The highest BCUT2D eigenvalue weighted by molar-refractivity contribution is 7.12. The number of carbonyl (C=O) groups is 1. The van der Waals surface area contributed by atoms with Crippen molar-refractivity contribution in [2.24, 2.45) is 0 Å². The minimum absolute atomic E-state index is 0.0551. The predicted octanol–water partition coefficient (Wildman–Crippen LogP) is 3.86. The van der Waals surface area contributed by atoms with Gasteiger partial charge in [0.2, 0.25) is 0 Å². The van der Waals surface area contributed by atoms with Crippen LogP contribution in [0.3, 0.4) is 0 Å². The maximum absolute atomic E-state index is 12.2. The Balaban J connectivity index is 2.30. The Morgan fingerprint density at radius 1 is 1.47 bits per heavy atom. The second kappa shape index (κ2) is 5.40. The third-order valence-electron chi connectivity index (χ3n) is 3.39. The second-order valence-electron chi connectivity index (χ2n) is 4.41. The van der Waals surface area contributed by atoms with Crippen molar-refractivity contribution in [3.05, 3.63) is 21.9 Å². The molecule has 1 saturated carbocycles. The van der Waals surface area contributed by atoms with Crippen LogP contribution in [0.25, 0.3) is 0 Å². The summed E-state index contributed by atoms with van der Waals surface area (Å²) in [5.74, 6) is 0.462. The summed E-state index contributed by atoms with van der Waals surface area (Å²) in [6.07, 6.45) is 4.03. The highest BCUT2D eigenvalue weighted by Crippen LogP contribution is 2.45. The van der Waals surface area contributed by atoms with E-state index >= 15 is 0 Å². The number of halogens is 1. The zero-order valence-corrected chi connectivity index (χ0v) is 11.6. The lowest BCUT2D eigenvalue weighted by Gasteiger charge is -2.25. The molecule has 0 atom stereocenters. The van der Waals surface area contributed by atoms with Crippen molar-refractivity contribution in [1.29, 1.82) is 0 Å². The average Bonchev–Trinajstić information content (AvgIpc) is 2.99. The number of thiophene rings is 1. The van der Waals surface area contributed by atoms with E-state index in [4.69, 9.17) is 16.3 Å². The molecule has 4 heteroatoms. The molecule has 17 heavy (non-hydrogen) atoms. The molecule has 0 saturated heterocycles. The van der Waals surface area contributed by atoms with Crippen LogP contribution in [0.1, 0.15) is 42.4 Å². The van der Waals surface area contributed by atoms with Crippen LogP contribution < -0.4 is 0 Å². The van der Waals surface area contributed by atoms with E-state index in [1.54, 1.807) is 11.3 Å². The number of ether oxygens (including phenoxy) is 1. The Labute approximate surface area is 111 Å². The van der Waals surface area contributed by atoms with E-state index in [0.717, 1.165) is 35.4 Å². The molecule has 0 radical (unpaired) electrons. The molecule has 1 heterocycles. The Hall–Kier alpha value is -0.540. The van der Waals surface area contributed by atoms with Crippen molar-refractivity contribution in [2.45, 2.75) is 43.9 Å². The van der Waals surface area contributed by atoms with E-state index in [0.29, 0.717) is 12.5 Å². The normalized spacial score (nSPS) is 18.2. The lowest BCUT2D eigenvalue weighted by molar-refractivity contribution is -0.149. The molecule has 2 rings (SSSR count). The van der Waals surface area contributed by atoms with Gasteiger partial charge in [-0.3, -0.25) is 4.79 Å². The molecule has 0 aliphatic heterocycles. The largest absolute Gasteiger partial charge is 0.465 e. The molecule has 1 aliphatic carbocycles. The third kappa shape index (κ3) is 2.36. The molecular formula is C13H17ClO2S. The maximum Gasteiger partial charge on any atom is 0.317 e. The van der Waals surface area contributed by atoms with E-state index in [-0.39, 0.29) is 11.4 Å². The summed E-state index contributed by atoms with van der Waals surface area (Å²) in [5, 5.41) is 0. The molecule has 94 valence electrons. The van der Waals surface area contributed by atoms with Crippen LogP contribution in [0, 0.1) is 0 Å². The maximum atomic E-state index is 12.2. The summed E-state index contributed by atoms with van der Waals surface area (Å²) < 4.78 is 5.26. The van der Waals surface area contributed by atoms with Crippen molar-refractivity contribution < 1.29 is 9.53 Å². The molecule has 1 aliphatic rings. The van der Waals surface area contributed by atoms with Gasteiger partial charge in [0, 0.05) is 9.75 Å². The molecule has 0 spiro atoms. The van der Waals surface area contributed by atoms with Gasteiger partial charge in [-0.15, -0.1) is 22.9 Å². The number of hydrogen-bond donors (Lipinski definition) is 0. The van der Waals surface area contributed by atoms with Gasteiger partial charge in [0.25, 0.3) is 0 Å². The Kier molecular flexibility index (Phi) is 4.10. The van der Waals surface area contributed by atoms with E-state index in [1.165, 1.54) is 0 Å². The first-order valence-electron chi connectivity index (χ1n) is 6.05. The van der Waals surface area contributed by atoms with E-state index in [9.17, 15) is 4.79 Å². The minimum Gasteiger partial charge on any atom is -0.465 e. The lowest BCUT2D eigenvalue weighted by Crippen LogP contribution is -2.33. The van der Waals surface area contributed by atoms with Gasteiger partial charge in [-0.05, 0) is 31.9 Å². The molecule has 0 unspecified atom stereocenters. The van der Waals surface area contributed by atoms with Crippen molar-refractivity contribution >= 4 is 28.9 Å². The SMILES string of the molecule is CCOC(=O)C1(c2ccc(CCl)s2)CCCC1. The first-order chi connectivity index (χ1) is 8.23. The highest BCUT2D eigenvalue weighted by atomic mass is 35.5. The van der Waals surface area contributed by atoms with Gasteiger partial charge in [-0.2, -0.15) is 0 Å². The van der Waals surface area contributed by atoms with E-state index in [1.807, 2.05) is 19.1 Å². The summed E-state index contributed by atoms with van der Waals surface area (Å²) in [6, 6.07) is 4.07. The third-order valence-corrected chi connectivity index (χ3v) is 5.12. The van der Waals surface area contributed by atoms with Gasteiger partial charge >= 0.3 is 5.97 Å². The van der Waals surface area contributed by atoms with Gasteiger partial charge < -0.3 is 4.74 Å². The zero-order chi connectivity index (χ0) is 12.3. The van der Waals surface area contributed by atoms with E-state index < -0.39 is 0 Å². The van der Waals surface area contributed by atoms with Gasteiger partial charge in [-0.25, -0.2) is 0 Å². The summed E-state index contributed by atoms with van der Waals surface area (Å²) in [4.78, 5) is 14.5. The molecule has 2 nitrogen and oxygen atoms in total. The molecule has 0 N–H and O–H groups in total. The van der Waals surface area contributed by atoms with Crippen LogP contribution in [-0.4, -0.2) is 12.6 Å². The van der Waals surface area contributed by atoms with Gasteiger partial charge in [0.05, 0.1) is 12.5 Å². The number of carbonyl (C=O) groups excluding carboxylic acids is 1. The average molecular weight is 273 g/mol. The van der Waals surface area contributed by atoms with Crippen molar-refractivity contribution in [2.75, 3.05) is 6.61 Å². The number of esters is 1. The number of alkyl halides is 1. The minimum atomic E-state index is -0.384. The molecule has 1 aromatic rings. The first kappa shape index (κ1) is 12.9. The molecule has 1 fully saturated rings. The van der Waals surface area contributed by atoms with Crippen LogP contribution in [-0.2, 0) is 20.8 Å². The van der Waals surface area contributed by atoms with Gasteiger partial charge in [0.1, 0.15) is 5.41 Å². The molecular weight excluding hydrogens is 256 g/mol. The smallest absolute Gasteiger partial charge is 0.317 e. The van der Waals surface area contributed by atoms with Gasteiger partial charge in [-0.1, -0.05) is 12.8 Å². The summed E-state index contributed by atoms with van der Waals surface area (Å²) in [5.41, 5.74) is -0.384. The zero-order valence-electron chi connectivity index (χ0n) is 10.0. The fraction of sp³-hybridized carbons (Fsp3) is 0.615. The molecule has 0 aromatic carbocycles. The number of rotatable bonds is 4. The fourth-order valence-electron chi connectivity index (χ4n) is 2.51. The Bertz CT molecular complexity index is 394. The predicted molar refractivity (Wildman–Crippen MR) is 70.7 cm³/mol. The van der Waals surface area contributed by atoms with Crippen LogP contribution in [0.2, 0.25) is 0 Å². The number of hydrogen-bond acceptors (Lipinski definition) is 3. The lowest BCUT2D eigenvalue weighted by atomic mass is 9.84. The monoisotopic (exact) mass is 272 g/mol. The van der Waals surface area contributed by atoms with Crippen LogP contribution in [0.5, 0.6) is 0 Å². The van der Waals surface area contributed by atoms with Crippen LogP contribution in [0.4, 0.5) is 0 Å². The Morgan fingerprint density at radius 3 is 2.71 bits per heavy atom. The molecule has 0 amide bonds. The first-order valence-corrected chi connectivity index (χ1v) is 7.40. The van der Waals surface area contributed by atoms with Gasteiger partial charge in [0.15, 0.2) is 0 Å². The standard InChI is InChI=1S/C13H17ClO2S/c1-2-16-12(15)13(7-3-4-8-13)11-6-5-10(9-14)17-11/h5-6H,2-4,7-9H2,1H3. The fourth-order valence-corrected chi connectivity index (χ4v) is 3.85. The highest BCUT2D eigenvalue weighted by Gasteiger charge is 2.45. The molecule has 0 bridgehead atoms. The summed E-state index contributed by atoms with van der Waals surface area (Å²) in [7, 11) is 0. The Morgan fingerprint density at radius 2 is 2.18 bits per heavy atom. The summed E-state index contributed by atoms with van der Waals surface area (Å²) >= 11 is 7.48. The van der Waals surface area contributed by atoms with E-state index in [2.05, 4.69) is 0 Å². The van der Waals surface area contributed by atoms with Crippen molar-refractivity contribution in [3.63, 3.8) is 0 Å². The van der Waals surface area contributed by atoms with Crippen molar-refractivity contribution in [1.82, 2.24) is 0 Å². The topological polar surface area (TPSA) is 26.3 Å². The van der Waals surface area contributed by atoms with Crippen molar-refractivity contribution in [3.8, 4) is 0 Å².